The molecule has 0 unspecified atom stereocenters. The summed E-state index contributed by atoms with van der Waals surface area (Å²) in [5, 5.41) is 3.77. The summed E-state index contributed by atoms with van der Waals surface area (Å²) < 4.78 is 5.39. The number of halogens is 3. The number of amides is 1. The summed E-state index contributed by atoms with van der Waals surface area (Å²) in [5.41, 5.74) is 3.62. The van der Waals surface area contributed by atoms with E-state index >= 15 is 0 Å². The Morgan fingerprint density at radius 3 is 2.12 bits per heavy atom. The van der Waals surface area contributed by atoms with Crippen molar-refractivity contribution in [2.24, 2.45) is 0 Å². The summed E-state index contributed by atoms with van der Waals surface area (Å²) in [4.78, 5) is 14.2. The van der Waals surface area contributed by atoms with Gasteiger partial charge in [0.25, 0.3) is 0 Å². The molecule has 0 saturated heterocycles. The summed E-state index contributed by atoms with van der Waals surface area (Å²) in [6, 6.07) is 7.20. The van der Waals surface area contributed by atoms with Gasteiger partial charge in [-0.1, -0.05) is 46.9 Å². The van der Waals surface area contributed by atoms with Crippen LogP contribution in [0.1, 0.15) is 16.7 Å². The van der Waals surface area contributed by atoms with Crippen molar-refractivity contribution in [2.45, 2.75) is 20.4 Å². The summed E-state index contributed by atoms with van der Waals surface area (Å²) in [6.45, 7) is 4.83. The molecule has 0 aliphatic carbocycles. The Morgan fingerprint density at radius 2 is 1.62 bits per heavy atom. The smallest absolute Gasteiger partial charge is 0.238 e. The van der Waals surface area contributed by atoms with Crippen LogP contribution in [-0.2, 0) is 11.3 Å². The van der Waals surface area contributed by atoms with Crippen molar-refractivity contribution in [3.63, 3.8) is 0 Å². The molecule has 0 atom stereocenters. The van der Waals surface area contributed by atoms with Gasteiger partial charge in [-0.15, -0.1) is 0 Å². The molecule has 0 heterocycles. The third-order valence-corrected chi connectivity index (χ3v) is 4.68. The van der Waals surface area contributed by atoms with Crippen molar-refractivity contribution in [3.05, 3.63) is 56.0 Å². The number of carbonyl (C=O) groups excluding carboxylic acids is 1. The van der Waals surface area contributed by atoms with Crippen LogP contribution in [0.5, 0.6) is 5.75 Å². The number of benzene rings is 2. The number of hydrogen-bond acceptors (Lipinski definition) is 3. The molecule has 0 bridgehead atoms. The zero-order valence-corrected chi connectivity index (χ0v) is 17.4. The molecule has 0 aromatic heterocycles. The minimum Gasteiger partial charge on any atom is -0.496 e. The lowest BCUT2D eigenvalue weighted by molar-refractivity contribution is -0.117. The Bertz CT molecular complexity index is 778. The van der Waals surface area contributed by atoms with Gasteiger partial charge in [0.1, 0.15) is 5.75 Å². The molecule has 4 nitrogen and oxygen atoms in total. The first kappa shape index (κ1) is 20.8. The summed E-state index contributed by atoms with van der Waals surface area (Å²) in [5.74, 6) is 0.682. The van der Waals surface area contributed by atoms with E-state index in [9.17, 15) is 4.79 Å². The number of likely N-dealkylation sites (N-methyl/N-ethyl adjacent to an activating group) is 1. The molecule has 2 rings (SSSR count). The normalized spacial score (nSPS) is 10.9. The van der Waals surface area contributed by atoms with Crippen molar-refractivity contribution < 1.29 is 9.53 Å². The maximum Gasteiger partial charge on any atom is 0.238 e. The number of methoxy groups -OCH3 is 1. The number of anilines is 1. The van der Waals surface area contributed by atoms with Crippen LogP contribution in [0.15, 0.2) is 24.3 Å². The molecule has 0 spiro atoms. The van der Waals surface area contributed by atoms with Crippen LogP contribution in [-0.4, -0.2) is 31.5 Å². The van der Waals surface area contributed by atoms with Crippen molar-refractivity contribution >= 4 is 46.4 Å². The molecule has 0 radical (unpaired) electrons. The maximum absolute atomic E-state index is 12.3. The number of carbonyl (C=O) groups is 1. The molecular formula is C19H21Cl3N2O2. The number of rotatable bonds is 6. The minimum atomic E-state index is -0.208. The first-order valence-corrected chi connectivity index (χ1v) is 9.11. The lowest BCUT2D eigenvalue weighted by Gasteiger charge is -2.19. The largest absolute Gasteiger partial charge is 0.496 e. The van der Waals surface area contributed by atoms with Gasteiger partial charge in [-0.25, -0.2) is 0 Å². The average molecular weight is 416 g/mol. The average Bonchev–Trinajstić information content (AvgIpc) is 2.50. The zero-order valence-electron chi connectivity index (χ0n) is 15.1. The van der Waals surface area contributed by atoms with Gasteiger partial charge in [-0.3, -0.25) is 9.69 Å². The van der Waals surface area contributed by atoms with E-state index < -0.39 is 0 Å². The highest BCUT2D eigenvalue weighted by Crippen LogP contribution is 2.33. The lowest BCUT2D eigenvalue weighted by Crippen LogP contribution is -2.30. The van der Waals surface area contributed by atoms with Gasteiger partial charge in [0.05, 0.1) is 29.4 Å². The Labute approximate surface area is 169 Å². The van der Waals surface area contributed by atoms with Gasteiger partial charge in [-0.05, 0) is 49.7 Å². The third-order valence-electron chi connectivity index (χ3n) is 3.86. The second-order valence-corrected chi connectivity index (χ2v) is 7.48. The van der Waals surface area contributed by atoms with E-state index in [0.717, 1.165) is 22.4 Å². The standard InChI is InChI=1S/C19H21Cl3N2O2/c1-11-5-13(6-12(2)19(11)26-4)9-24(3)10-17(25)23-18-15(21)7-14(20)8-16(18)22/h5-8H,9-10H2,1-4H3,(H,23,25). The van der Waals surface area contributed by atoms with Crippen molar-refractivity contribution in [2.75, 3.05) is 26.0 Å². The monoisotopic (exact) mass is 414 g/mol. The van der Waals surface area contributed by atoms with Gasteiger partial charge >= 0.3 is 0 Å². The second kappa shape index (κ2) is 8.96. The van der Waals surface area contributed by atoms with Gasteiger partial charge in [0.15, 0.2) is 0 Å². The molecule has 1 amide bonds. The van der Waals surface area contributed by atoms with Gasteiger partial charge in [-0.2, -0.15) is 0 Å². The molecule has 0 aliphatic heterocycles. The lowest BCUT2D eigenvalue weighted by atomic mass is 10.1. The molecule has 0 saturated carbocycles. The SMILES string of the molecule is COc1c(C)cc(CN(C)CC(=O)Nc2c(Cl)cc(Cl)cc2Cl)cc1C. The van der Waals surface area contributed by atoms with E-state index in [1.165, 1.54) is 12.1 Å². The van der Waals surface area contributed by atoms with E-state index in [4.69, 9.17) is 39.5 Å². The minimum absolute atomic E-state index is 0.194. The van der Waals surface area contributed by atoms with Crippen LogP contribution in [0.25, 0.3) is 0 Å². The molecule has 1 N–H and O–H groups in total. The molecule has 7 heteroatoms. The third kappa shape index (κ3) is 5.27. The van der Waals surface area contributed by atoms with Crippen LogP contribution in [0, 0.1) is 13.8 Å². The van der Waals surface area contributed by atoms with Gasteiger partial charge in [0, 0.05) is 11.6 Å². The van der Waals surface area contributed by atoms with E-state index in [2.05, 4.69) is 17.4 Å². The fourth-order valence-corrected chi connectivity index (χ4v) is 3.82. The molecule has 26 heavy (non-hydrogen) atoms. The molecule has 2 aromatic carbocycles. The molecule has 140 valence electrons. The molecule has 0 aliphatic rings. The zero-order chi connectivity index (χ0) is 19.4. The van der Waals surface area contributed by atoms with E-state index in [0.29, 0.717) is 27.3 Å². The topological polar surface area (TPSA) is 41.6 Å². The number of nitrogens with zero attached hydrogens (tertiary/aromatic N) is 1. The number of nitrogens with one attached hydrogen (secondary N) is 1. The van der Waals surface area contributed by atoms with E-state index in [1.807, 2.05) is 25.8 Å². The number of aryl methyl sites for hydroxylation is 2. The Hall–Kier alpha value is -1.46. The van der Waals surface area contributed by atoms with Crippen LogP contribution in [0.4, 0.5) is 5.69 Å². The highest BCUT2D eigenvalue weighted by atomic mass is 35.5. The van der Waals surface area contributed by atoms with Crippen molar-refractivity contribution in [3.8, 4) is 5.75 Å². The summed E-state index contributed by atoms with van der Waals surface area (Å²) in [7, 11) is 3.54. The van der Waals surface area contributed by atoms with Crippen LogP contribution in [0.3, 0.4) is 0 Å². The maximum atomic E-state index is 12.3. The fraction of sp³-hybridized carbons (Fsp3) is 0.316. The summed E-state index contributed by atoms with van der Waals surface area (Å²) >= 11 is 18.1. The van der Waals surface area contributed by atoms with Gasteiger partial charge < -0.3 is 10.1 Å². The van der Waals surface area contributed by atoms with Crippen LogP contribution >= 0.6 is 34.8 Å². The Kier molecular flexibility index (Phi) is 7.18. The molecule has 2 aromatic rings. The molecular weight excluding hydrogens is 395 g/mol. The molecule has 0 fully saturated rings. The Morgan fingerprint density at radius 1 is 1.08 bits per heavy atom. The van der Waals surface area contributed by atoms with Crippen molar-refractivity contribution in [1.29, 1.82) is 0 Å². The predicted molar refractivity (Wildman–Crippen MR) is 109 cm³/mol. The first-order chi connectivity index (χ1) is 12.2. The van der Waals surface area contributed by atoms with E-state index in [-0.39, 0.29) is 12.5 Å². The van der Waals surface area contributed by atoms with Gasteiger partial charge in [0.2, 0.25) is 5.91 Å². The number of ether oxygens (including phenoxy) is 1. The highest BCUT2D eigenvalue weighted by Gasteiger charge is 2.14. The second-order valence-electron chi connectivity index (χ2n) is 6.23. The van der Waals surface area contributed by atoms with Crippen molar-refractivity contribution in [1.82, 2.24) is 4.90 Å². The van der Waals surface area contributed by atoms with E-state index in [1.54, 1.807) is 7.11 Å². The van der Waals surface area contributed by atoms with Crippen LogP contribution < -0.4 is 10.1 Å². The predicted octanol–water partition coefficient (Wildman–Crippen LogP) is 5.34. The quantitative estimate of drug-likeness (QED) is 0.692. The summed E-state index contributed by atoms with van der Waals surface area (Å²) in [6.07, 6.45) is 0. The number of hydrogen-bond donors (Lipinski definition) is 1. The first-order valence-electron chi connectivity index (χ1n) is 7.98. The Balaban J connectivity index is 2.02. The highest BCUT2D eigenvalue weighted by molar-refractivity contribution is 6.42. The fourth-order valence-electron chi connectivity index (χ4n) is 2.91. The van der Waals surface area contributed by atoms with Crippen LogP contribution in [0.2, 0.25) is 15.1 Å².